The molecule has 0 bridgehead atoms. The molecule has 0 aromatic carbocycles. The van der Waals surface area contributed by atoms with Crippen LogP contribution in [0.15, 0.2) is 35.6 Å². The van der Waals surface area contributed by atoms with Crippen LogP contribution in [0.25, 0.3) is 0 Å². The maximum atomic E-state index is 5.33. The highest BCUT2D eigenvalue weighted by atomic mass is 16.5. The molecule has 3 aliphatic rings. The number of hydrogen-bond acceptors (Lipinski definition) is 2. The summed E-state index contributed by atoms with van der Waals surface area (Å²) in [5.74, 6) is 1.68. The van der Waals surface area contributed by atoms with Gasteiger partial charge in [0.1, 0.15) is 0 Å². The molecular weight excluding hydrogens is 149 g/mol. The van der Waals surface area contributed by atoms with Crippen molar-refractivity contribution in [1.82, 2.24) is 5.23 Å². The normalized spacial score (nSPS) is 36.0. The highest BCUT2D eigenvalue weighted by Gasteiger charge is 2.38. The number of allylic oxidation sites excluding steroid dienone is 4. The van der Waals surface area contributed by atoms with Gasteiger partial charge in [-0.25, -0.2) is 0 Å². The second-order valence-electron chi connectivity index (χ2n) is 3.36. The van der Waals surface area contributed by atoms with Gasteiger partial charge in [0, 0.05) is 5.92 Å². The third-order valence-electron chi connectivity index (χ3n) is 2.70. The fourth-order valence-corrected chi connectivity index (χ4v) is 2.08. The molecule has 1 fully saturated rings. The van der Waals surface area contributed by atoms with Gasteiger partial charge in [-0.15, -0.1) is 0 Å². The molecule has 0 aromatic rings. The summed E-state index contributed by atoms with van der Waals surface area (Å²) < 4.78 is 5.33. The zero-order valence-electron chi connectivity index (χ0n) is 6.66. The van der Waals surface area contributed by atoms with E-state index in [9.17, 15) is 0 Å². The van der Waals surface area contributed by atoms with Gasteiger partial charge < -0.3 is 9.88 Å². The van der Waals surface area contributed by atoms with Crippen molar-refractivity contribution in [3.63, 3.8) is 0 Å². The van der Waals surface area contributed by atoms with Gasteiger partial charge in [-0.05, 0) is 18.1 Å². The van der Waals surface area contributed by atoms with Crippen molar-refractivity contribution in [3.05, 3.63) is 35.6 Å². The van der Waals surface area contributed by atoms with Crippen LogP contribution < -0.4 is 5.23 Å². The van der Waals surface area contributed by atoms with Crippen LogP contribution in [0.2, 0.25) is 0 Å². The molecule has 1 radical (unpaired) electrons. The number of fused-ring (bicyclic) bond motifs is 3. The minimum absolute atomic E-state index is 0.404. The molecule has 0 spiro atoms. The summed E-state index contributed by atoms with van der Waals surface area (Å²) >= 11 is 0. The molecule has 0 saturated carbocycles. The summed E-state index contributed by atoms with van der Waals surface area (Å²) in [7, 11) is 1.69. The SMILES string of the molecule is [B]1NC2C(=CC3=CC=CCC32)O1. The van der Waals surface area contributed by atoms with Gasteiger partial charge >= 0.3 is 7.62 Å². The first kappa shape index (κ1) is 6.55. The molecular formula is C9H9BNO. The number of rotatable bonds is 0. The fraction of sp³-hybridized carbons (Fsp3) is 0.333. The van der Waals surface area contributed by atoms with E-state index in [0.29, 0.717) is 12.0 Å². The van der Waals surface area contributed by atoms with E-state index in [4.69, 9.17) is 4.65 Å². The quantitative estimate of drug-likeness (QED) is 0.529. The number of nitrogens with one attached hydrogen (secondary N) is 1. The first-order chi connectivity index (χ1) is 5.95. The lowest BCUT2D eigenvalue weighted by Gasteiger charge is -2.18. The molecule has 12 heavy (non-hydrogen) atoms. The van der Waals surface area contributed by atoms with E-state index in [2.05, 4.69) is 29.5 Å². The van der Waals surface area contributed by atoms with E-state index in [-0.39, 0.29) is 0 Å². The molecule has 59 valence electrons. The standard InChI is InChI=1S/C9H9BNO/c1-2-4-7-6(3-1)5-8-9(7)11-10-12-8/h1-3,5,7,9,11H,4H2. The predicted molar refractivity (Wildman–Crippen MR) is 47.2 cm³/mol. The monoisotopic (exact) mass is 158 g/mol. The minimum Gasteiger partial charge on any atom is -0.550 e. The molecule has 2 aliphatic carbocycles. The van der Waals surface area contributed by atoms with Crippen molar-refractivity contribution in [2.45, 2.75) is 12.5 Å². The second-order valence-corrected chi connectivity index (χ2v) is 3.36. The Balaban J connectivity index is 2.02. The molecule has 2 atom stereocenters. The van der Waals surface area contributed by atoms with Crippen molar-refractivity contribution in [1.29, 1.82) is 0 Å². The molecule has 2 unspecified atom stereocenters. The Morgan fingerprint density at radius 2 is 2.58 bits per heavy atom. The molecule has 3 rings (SSSR count). The zero-order chi connectivity index (χ0) is 7.97. The summed E-state index contributed by atoms with van der Waals surface area (Å²) in [6.07, 6.45) is 9.78. The largest absolute Gasteiger partial charge is 0.550 e. The van der Waals surface area contributed by atoms with Gasteiger partial charge in [-0.2, -0.15) is 0 Å². The van der Waals surface area contributed by atoms with Crippen LogP contribution in [0.1, 0.15) is 6.42 Å². The number of hydrogen-bond donors (Lipinski definition) is 1. The van der Waals surface area contributed by atoms with Crippen LogP contribution in [0, 0.1) is 5.92 Å². The lowest BCUT2D eigenvalue weighted by Crippen LogP contribution is -2.30. The fourth-order valence-electron chi connectivity index (χ4n) is 2.08. The van der Waals surface area contributed by atoms with Gasteiger partial charge in [-0.1, -0.05) is 18.2 Å². The van der Waals surface area contributed by atoms with Crippen LogP contribution in [0.3, 0.4) is 0 Å². The summed E-state index contributed by atoms with van der Waals surface area (Å²) in [5.41, 5.74) is 1.40. The van der Waals surface area contributed by atoms with E-state index in [1.165, 1.54) is 5.57 Å². The first-order valence-electron chi connectivity index (χ1n) is 4.28. The van der Waals surface area contributed by atoms with Crippen molar-refractivity contribution >= 4 is 7.62 Å². The van der Waals surface area contributed by atoms with Gasteiger partial charge in [-0.3, -0.25) is 0 Å². The van der Waals surface area contributed by atoms with Gasteiger partial charge in [0.15, 0.2) is 0 Å². The Kier molecular flexibility index (Phi) is 1.24. The molecule has 0 amide bonds. The predicted octanol–water partition coefficient (Wildman–Crippen LogP) is 0.909. The van der Waals surface area contributed by atoms with Gasteiger partial charge in [0.25, 0.3) is 0 Å². The minimum atomic E-state index is 0.404. The molecule has 1 aliphatic heterocycles. The van der Waals surface area contributed by atoms with Crippen LogP contribution in [0.4, 0.5) is 0 Å². The third-order valence-corrected chi connectivity index (χ3v) is 2.70. The van der Waals surface area contributed by atoms with Crippen LogP contribution >= 0.6 is 0 Å². The highest BCUT2D eigenvalue weighted by molar-refractivity contribution is 6.25. The summed E-state index contributed by atoms with van der Waals surface area (Å²) in [4.78, 5) is 0. The highest BCUT2D eigenvalue weighted by Crippen LogP contribution is 2.37. The Morgan fingerprint density at radius 3 is 3.58 bits per heavy atom. The maximum Gasteiger partial charge on any atom is 0.477 e. The van der Waals surface area contributed by atoms with E-state index in [1.807, 2.05) is 0 Å². The van der Waals surface area contributed by atoms with Crippen molar-refractivity contribution in [2.24, 2.45) is 5.92 Å². The van der Waals surface area contributed by atoms with Crippen molar-refractivity contribution in [2.75, 3.05) is 0 Å². The lowest BCUT2D eigenvalue weighted by atomic mass is 9.90. The Morgan fingerprint density at radius 1 is 1.58 bits per heavy atom. The van der Waals surface area contributed by atoms with Crippen molar-refractivity contribution in [3.8, 4) is 0 Å². The smallest absolute Gasteiger partial charge is 0.477 e. The average molecular weight is 158 g/mol. The van der Waals surface area contributed by atoms with Crippen LogP contribution in [-0.2, 0) is 4.65 Å². The van der Waals surface area contributed by atoms with E-state index in [1.54, 1.807) is 7.62 Å². The second kappa shape index (κ2) is 2.27. The van der Waals surface area contributed by atoms with E-state index >= 15 is 0 Å². The van der Waals surface area contributed by atoms with Crippen LogP contribution in [-0.4, -0.2) is 13.7 Å². The molecule has 2 nitrogen and oxygen atoms in total. The summed E-state index contributed by atoms with van der Waals surface area (Å²) in [6, 6.07) is 0.404. The summed E-state index contributed by atoms with van der Waals surface area (Å²) in [5, 5.41) is 3.23. The molecule has 0 aromatic heterocycles. The first-order valence-corrected chi connectivity index (χ1v) is 4.28. The maximum absolute atomic E-state index is 5.33. The molecule has 1 saturated heterocycles. The lowest BCUT2D eigenvalue weighted by molar-refractivity contribution is 0.432. The topological polar surface area (TPSA) is 21.3 Å². The van der Waals surface area contributed by atoms with E-state index in [0.717, 1.165) is 12.2 Å². The average Bonchev–Trinajstić information content (AvgIpc) is 2.62. The Hall–Kier alpha value is -0.955. The Labute approximate surface area is 72.3 Å². The molecule has 3 heteroatoms. The van der Waals surface area contributed by atoms with Gasteiger partial charge in [0.2, 0.25) is 0 Å². The van der Waals surface area contributed by atoms with Gasteiger partial charge in [0.05, 0.1) is 11.8 Å². The molecule has 1 heterocycles. The zero-order valence-corrected chi connectivity index (χ0v) is 6.66. The Bertz CT molecular complexity index is 306. The van der Waals surface area contributed by atoms with E-state index < -0.39 is 0 Å². The third kappa shape index (κ3) is 0.744. The van der Waals surface area contributed by atoms with Crippen LogP contribution in [0.5, 0.6) is 0 Å². The molecule has 1 N–H and O–H groups in total. The van der Waals surface area contributed by atoms with Crippen molar-refractivity contribution < 1.29 is 4.65 Å². The summed E-state index contributed by atoms with van der Waals surface area (Å²) in [6.45, 7) is 0.